The molecule has 11 heavy (non-hydrogen) atoms. The van der Waals surface area contributed by atoms with Crippen LogP contribution in [0.2, 0.25) is 0 Å². The van der Waals surface area contributed by atoms with Gasteiger partial charge in [0.25, 0.3) is 0 Å². The molecule has 0 aliphatic heterocycles. The van der Waals surface area contributed by atoms with E-state index in [2.05, 4.69) is 16.8 Å². The molecule has 3 heteroatoms. The molecule has 0 saturated carbocycles. The Morgan fingerprint density at radius 1 is 1.55 bits per heavy atom. The van der Waals surface area contributed by atoms with Gasteiger partial charge in [-0.15, -0.1) is 0 Å². The first-order valence-electron chi connectivity index (χ1n) is 3.79. The second-order valence-corrected chi connectivity index (χ2v) is 3.45. The van der Waals surface area contributed by atoms with Crippen LogP contribution in [0.25, 0.3) is 0 Å². The zero-order valence-electron chi connectivity index (χ0n) is 6.49. The third-order valence-electron chi connectivity index (χ3n) is 1.62. The van der Waals surface area contributed by atoms with Gasteiger partial charge in [0.15, 0.2) is 0 Å². The molecule has 1 rings (SSSR count). The van der Waals surface area contributed by atoms with E-state index in [1.54, 1.807) is 11.3 Å². The van der Waals surface area contributed by atoms with E-state index in [0.717, 1.165) is 12.8 Å². The summed E-state index contributed by atoms with van der Waals surface area (Å²) in [4.78, 5) is 0. The van der Waals surface area contributed by atoms with E-state index in [1.165, 1.54) is 5.56 Å². The molecular formula is C8H14N2S. The largest absolute Gasteiger partial charge is 0.330 e. The van der Waals surface area contributed by atoms with Crippen LogP contribution in [0.15, 0.2) is 16.8 Å². The Labute approximate surface area is 71.2 Å². The highest BCUT2D eigenvalue weighted by atomic mass is 32.1. The lowest BCUT2D eigenvalue weighted by Gasteiger charge is -2.07. The normalized spacial score (nSPS) is 13.3. The van der Waals surface area contributed by atoms with Crippen molar-refractivity contribution < 1.29 is 0 Å². The van der Waals surface area contributed by atoms with Crippen LogP contribution in [0.1, 0.15) is 12.0 Å². The maximum Gasteiger partial charge on any atom is 0.00916 e. The Balaban J connectivity index is 2.31. The van der Waals surface area contributed by atoms with Crippen molar-refractivity contribution in [1.82, 2.24) is 0 Å². The molecule has 1 aromatic heterocycles. The fraction of sp³-hybridized carbons (Fsp3) is 0.500. The van der Waals surface area contributed by atoms with Crippen molar-refractivity contribution in [3.63, 3.8) is 0 Å². The SMILES string of the molecule is NCCC(N)Cc1ccsc1. The predicted molar refractivity (Wildman–Crippen MR) is 49.7 cm³/mol. The fourth-order valence-electron chi connectivity index (χ4n) is 1.03. The molecule has 0 amide bonds. The van der Waals surface area contributed by atoms with Crippen LogP contribution in [-0.2, 0) is 6.42 Å². The van der Waals surface area contributed by atoms with Crippen LogP contribution < -0.4 is 11.5 Å². The van der Waals surface area contributed by atoms with E-state index in [1.807, 2.05) is 0 Å². The van der Waals surface area contributed by atoms with Gasteiger partial charge in [-0.25, -0.2) is 0 Å². The molecule has 0 aliphatic rings. The molecule has 2 nitrogen and oxygen atoms in total. The maximum atomic E-state index is 5.80. The number of thiophene rings is 1. The highest BCUT2D eigenvalue weighted by Crippen LogP contribution is 2.08. The lowest BCUT2D eigenvalue weighted by atomic mass is 10.1. The van der Waals surface area contributed by atoms with Crippen molar-refractivity contribution in [3.05, 3.63) is 22.4 Å². The highest BCUT2D eigenvalue weighted by Gasteiger charge is 2.02. The van der Waals surface area contributed by atoms with Crippen molar-refractivity contribution in [2.24, 2.45) is 11.5 Å². The minimum Gasteiger partial charge on any atom is -0.330 e. The monoisotopic (exact) mass is 170 g/mol. The van der Waals surface area contributed by atoms with E-state index in [-0.39, 0.29) is 6.04 Å². The Morgan fingerprint density at radius 2 is 2.36 bits per heavy atom. The Kier molecular flexibility index (Phi) is 3.56. The predicted octanol–water partition coefficient (Wildman–Crippen LogP) is 0.967. The van der Waals surface area contributed by atoms with Gasteiger partial charge in [-0.3, -0.25) is 0 Å². The molecule has 1 atom stereocenters. The quantitative estimate of drug-likeness (QED) is 0.707. The standard InChI is InChI=1S/C8H14N2S/c9-3-1-8(10)5-7-2-4-11-6-7/h2,4,6,8H,1,3,5,9-10H2. The van der Waals surface area contributed by atoms with E-state index in [9.17, 15) is 0 Å². The molecule has 0 spiro atoms. The average molecular weight is 170 g/mol. The van der Waals surface area contributed by atoms with Gasteiger partial charge in [-0.2, -0.15) is 11.3 Å². The molecule has 0 aromatic carbocycles. The first-order valence-corrected chi connectivity index (χ1v) is 4.74. The summed E-state index contributed by atoms with van der Waals surface area (Å²) in [7, 11) is 0. The molecule has 4 N–H and O–H groups in total. The van der Waals surface area contributed by atoms with Crippen LogP contribution in [0.4, 0.5) is 0 Å². The zero-order chi connectivity index (χ0) is 8.10. The number of hydrogen-bond donors (Lipinski definition) is 2. The molecule has 0 fully saturated rings. The van der Waals surface area contributed by atoms with Gasteiger partial charge < -0.3 is 11.5 Å². The van der Waals surface area contributed by atoms with Gasteiger partial charge in [0.2, 0.25) is 0 Å². The van der Waals surface area contributed by atoms with Crippen LogP contribution in [0.3, 0.4) is 0 Å². The third-order valence-corrected chi connectivity index (χ3v) is 2.35. The second kappa shape index (κ2) is 4.49. The molecule has 0 bridgehead atoms. The second-order valence-electron chi connectivity index (χ2n) is 2.67. The van der Waals surface area contributed by atoms with Gasteiger partial charge in [0, 0.05) is 6.04 Å². The third kappa shape index (κ3) is 3.01. The Bertz CT molecular complexity index is 184. The van der Waals surface area contributed by atoms with Crippen LogP contribution in [0, 0.1) is 0 Å². The molecular weight excluding hydrogens is 156 g/mol. The number of rotatable bonds is 4. The highest BCUT2D eigenvalue weighted by molar-refractivity contribution is 7.07. The smallest absolute Gasteiger partial charge is 0.00916 e. The molecule has 0 saturated heterocycles. The molecule has 0 radical (unpaired) electrons. The zero-order valence-corrected chi connectivity index (χ0v) is 7.31. The van der Waals surface area contributed by atoms with Crippen molar-refractivity contribution in [2.75, 3.05) is 6.54 Å². The molecule has 1 heterocycles. The number of hydrogen-bond acceptors (Lipinski definition) is 3. The van der Waals surface area contributed by atoms with Crippen molar-refractivity contribution in [3.8, 4) is 0 Å². The molecule has 1 unspecified atom stereocenters. The van der Waals surface area contributed by atoms with Gasteiger partial charge in [-0.05, 0) is 41.8 Å². The summed E-state index contributed by atoms with van der Waals surface area (Å²) < 4.78 is 0. The van der Waals surface area contributed by atoms with Gasteiger partial charge >= 0.3 is 0 Å². The summed E-state index contributed by atoms with van der Waals surface area (Å²) in [5, 5.41) is 4.21. The number of nitrogens with two attached hydrogens (primary N) is 2. The summed E-state index contributed by atoms with van der Waals surface area (Å²) in [6, 6.07) is 2.34. The maximum absolute atomic E-state index is 5.80. The van der Waals surface area contributed by atoms with Crippen LogP contribution in [0.5, 0.6) is 0 Å². The minimum absolute atomic E-state index is 0.231. The first kappa shape index (κ1) is 8.71. The lowest BCUT2D eigenvalue weighted by Crippen LogP contribution is -2.25. The summed E-state index contributed by atoms with van der Waals surface area (Å²) in [6.07, 6.45) is 1.87. The van der Waals surface area contributed by atoms with E-state index in [0.29, 0.717) is 6.54 Å². The average Bonchev–Trinajstić information content (AvgIpc) is 2.40. The molecule has 62 valence electrons. The molecule has 1 aromatic rings. The van der Waals surface area contributed by atoms with Gasteiger partial charge in [-0.1, -0.05) is 0 Å². The topological polar surface area (TPSA) is 52.0 Å². The fourth-order valence-corrected chi connectivity index (χ4v) is 1.71. The van der Waals surface area contributed by atoms with E-state index < -0.39 is 0 Å². The van der Waals surface area contributed by atoms with Crippen molar-refractivity contribution >= 4 is 11.3 Å². The summed E-state index contributed by atoms with van der Waals surface area (Å²) >= 11 is 1.71. The van der Waals surface area contributed by atoms with E-state index in [4.69, 9.17) is 11.5 Å². The van der Waals surface area contributed by atoms with E-state index >= 15 is 0 Å². The summed E-state index contributed by atoms with van der Waals surface area (Å²) in [5.74, 6) is 0. The summed E-state index contributed by atoms with van der Waals surface area (Å²) in [6.45, 7) is 0.686. The first-order chi connectivity index (χ1) is 5.33. The summed E-state index contributed by atoms with van der Waals surface area (Å²) in [5.41, 5.74) is 12.5. The molecule has 0 aliphatic carbocycles. The lowest BCUT2D eigenvalue weighted by molar-refractivity contribution is 0.620. The van der Waals surface area contributed by atoms with Gasteiger partial charge in [0.05, 0.1) is 0 Å². The minimum atomic E-state index is 0.231. The van der Waals surface area contributed by atoms with Crippen LogP contribution in [-0.4, -0.2) is 12.6 Å². The Morgan fingerprint density at radius 3 is 2.91 bits per heavy atom. The van der Waals surface area contributed by atoms with Crippen molar-refractivity contribution in [1.29, 1.82) is 0 Å². The van der Waals surface area contributed by atoms with Gasteiger partial charge in [0.1, 0.15) is 0 Å². The van der Waals surface area contributed by atoms with Crippen LogP contribution >= 0.6 is 11.3 Å². The van der Waals surface area contributed by atoms with Crippen molar-refractivity contribution in [2.45, 2.75) is 18.9 Å². The Hall–Kier alpha value is -0.380.